The average Bonchev–Trinajstić information content (AvgIpc) is 2.94. The molecule has 0 amide bonds. The van der Waals surface area contributed by atoms with E-state index in [1.165, 1.54) is 42.0 Å². The number of furan rings is 1. The molecule has 3 aromatic rings. The van der Waals surface area contributed by atoms with Crippen molar-refractivity contribution in [3.8, 4) is 0 Å². The molecule has 2 aliphatic heterocycles. The van der Waals surface area contributed by atoms with Gasteiger partial charge in [0.15, 0.2) is 11.8 Å². The van der Waals surface area contributed by atoms with Gasteiger partial charge in [-0.1, -0.05) is 30.3 Å². The van der Waals surface area contributed by atoms with Gasteiger partial charge in [0.05, 0.1) is 5.41 Å². The molecule has 3 heterocycles. The molecule has 1 aromatic heterocycles. The van der Waals surface area contributed by atoms with Gasteiger partial charge in [0.1, 0.15) is 18.2 Å². The van der Waals surface area contributed by atoms with Gasteiger partial charge >= 0.3 is 0 Å². The Kier molecular flexibility index (Phi) is 2.47. The number of hydrogen-bond donors (Lipinski definition) is 0. The van der Waals surface area contributed by atoms with Crippen LogP contribution < -0.4 is 0 Å². The second kappa shape index (κ2) is 4.25. The van der Waals surface area contributed by atoms with Gasteiger partial charge in [-0.2, -0.15) is 0 Å². The summed E-state index contributed by atoms with van der Waals surface area (Å²) in [6.45, 7) is 2.40. The normalized spacial score (nSPS) is 30.1. The Morgan fingerprint density at radius 1 is 0.913 bits per heavy atom. The second-order valence-electron chi connectivity index (χ2n) is 7.70. The maximum atomic E-state index is 6.11. The zero-order chi connectivity index (χ0) is 15.7. The van der Waals surface area contributed by atoms with Crippen LogP contribution in [-0.2, 0) is 5.41 Å². The van der Waals surface area contributed by atoms with Gasteiger partial charge in [-0.3, -0.25) is 0 Å². The summed E-state index contributed by atoms with van der Waals surface area (Å²) < 4.78 is 8.57. The molecule has 2 aromatic carbocycles. The zero-order valence-electron chi connectivity index (χ0n) is 13.8. The summed E-state index contributed by atoms with van der Waals surface area (Å²) in [7, 11) is 2.24. The molecule has 1 saturated carbocycles. The highest BCUT2D eigenvalue weighted by Crippen LogP contribution is 2.47. The Balaban J connectivity index is 1.71. The molecule has 23 heavy (non-hydrogen) atoms. The third-order valence-electron chi connectivity index (χ3n) is 6.47. The third-order valence-corrected chi connectivity index (χ3v) is 6.47. The minimum atomic E-state index is 0.194. The highest BCUT2D eigenvalue weighted by atomic mass is 16.3. The van der Waals surface area contributed by atoms with Gasteiger partial charge in [0, 0.05) is 30.5 Å². The summed E-state index contributed by atoms with van der Waals surface area (Å²) in [5, 5.41) is 2.44. The van der Waals surface area contributed by atoms with Crippen LogP contribution in [0, 0.1) is 0 Å². The third kappa shape index (κ3) is 1.72. The van der Waals surface area contributed by atoms with Gasteiger partial charge in [-0.05, 0) is 30.5 Å². The van der Waals surface area contributed by atoms with E-state index in [9.17, 15) is 0 Å². The molecule has 0 spiro atoms. The fraction of sp³-hybridized carbons (Fsp3) is 0.381. The van der Waals surface area contributed by atoms with Crippen LogP contribution in [0.2, 0.25) is 0 Å². The van der Waals surface area contributed by atoms with Crippen LogP contribution in [0.1, 0.15) is 38.2 Å². The Morgan fingerprint density at radius 2 is 1.65 bits per heavy atom. The van der Waals surface area contributed by atoms with Gasteiger partial charge in [0.2, 0.25) is 0 Å². The summed E-state index contributed by atoms with van der Waals surface area (Å²) in [6.07, 6.45) is 7.53. The molecule has 0 atom stereocenters. The number of hydrogen-bond acceptors (Lipinski definition) is 1. The van der Waals surface area contributed by atoms with E-state index in [1.54, 1.807) is 0 Å². The lowest BCUT2D eigenvalue weighted by Crippen LogP contribution is -2.54. The van der Waals surface area contributed by atoms with Crippen molar-refractivity contribution in [2.24, 2.45) is 0 Å². The highest BCUT2D eigenvalue weighted by molar-refractivity contribution is 6.05. The summed E-state index contributed by atoms with van der Waals surface area (Å²) in [4.78, 5) is 0. The molecule has 2 nitrogen and oxygen atoms in total. The first-order valence-corrected chi connectivity index (χ1v) is 8.61. The molecule has 2 bridgehead atoms. The molecular weight excluding hydrogens is 282 g/mol. The van der Waals surface area contributed by atoms with E-state index < -0.39 is 0 Å². The van der Waals surface area contributed by atoms with Gasteiger partial charge < -0.3 is 4.42 Å². The topological polar surface area (TPSA) is 16.1 Å². The van der Waals surface area contributed by atoms with Crippen molar-refractivity contribution in [1.82, 2.24) is 0 Å². The lowest BCUT2D eigenvalue weighted by atomic mass is 9.62. The number of nitrogens with zero attached hydrogens (tertiary/aromatic N) is 1. The van der Waals surface area contributed by atoms with Crippen LogP contribution >= 0.6 is 0 Å². The summed E-state index contributed by atoms with van der Waals surface area (Å²) >= 11 is 0. The van der Waals surface area contributed by atoms with E-state index in [0.717, 1.165) is 11.2 Å². The van der Waals surface area contributed by atoms with E-state index in [-0.39, 0.29) is 5.41 Å². The van der Waals surface area contributed by atoms with Crippen LogP contribution in [0.4, 0.5) is 0 Å². The van der Waals surface area contributed by atoms with E-state index >= 15 is 0 Å². The molecule has 0 N–H and O–H groups in total. The van der Waals surface area contributed by atoms with Gasteiger partial charge in [-0.15, -0.1) is 0 Å². The van der Waals surface area contributed by atoms with Crippen molar-refractivity contribution in [3.63, 3.8) is 0 Å². The maximum Gasteiger partial charge on any atom is 0.159 e. The number of fused-ring (bicyclic) bond motifs is 5. The summed E-state index contributed by atoms with van der Waals surface area (Å²) in [5.74, 6) is 0. The summed E-state index contributed by atoms with van der Waals surface area (Å²) in [5.41, 5.74) is 3.98. The molecule has 0 saturated heterocycles. The zero-order valence-corrected chi connectivity index (χ0v) is 13.8. The standard InChI is InChI=1S/C21H22NO/c1-20-9-11-21(12-10-20,14-22(20)2)15-7-8-17-16-5-3-4-6-18(16)23-19(17)13-15/h3-8,13-14H,9-12H2,1-2H3/q+1. The van der Waals surface area contributed by atoms with Crippen molar-refractivity contribution < 1.29 is 8.99 Å². The first-order valence-electron chi connectivity index (χ1n) is 8.61. The van der Waals surface area contributed by atoms with Crippen LogP contribution in [-0.4, -0.2) is 23.4 Å². The summed E-state index contributed by atoms with van der Waals surface area (Å²) in [6, 6.07) is 15.2. The van der Waals surface area contributed by atoms with E-state index in [1.807, 2.05) is 6.07 Å². The molecular formula is C21H22NO+. The fourth-order valence-electron chi connectivity index (χ4n) is 4.64. The molecule has 0 unspecified atom stereocenters. The molecule has 1 aliphatic carbocycles. The first kappa shape index (κ1) is 13.4. The van der Waals surface area contributed by atoms with E-state index in [0.29, 0.717) is 5.54 Å². The fourth-order valence-corrected chi connectivity index (χ4v) is 4.64. The Labute approximate surface area is 136 Å². The maximum absolute atomic E-state index is 6.11. The average molecular weight is 304 g/mol. The van der Waals surface area contributed by atoms with Crippen LogP contribution in [0.5, 0.6) is 0 Å². The van der Waals surface area contributed by atoms with Crippen molar-refractivity contribution in [1.29, 1.82) is 0 Å². The largest absolute Gasteiger partial charge is 0.456 e. The van der Waals surface area contributed by atoms with E-state index in [4.69, 9.17) is 4.42 Å². The molecule has 116 valence electrons. The van der Waals surface area contributed by atoms with Crippen molar-refractivity contribution >= 4 is 28.2 Å². The van der Waals surface area contributed by atoms with Crippen LogP contribution in [0.25, 0.3) is 21.9 Å². The second-order valence-corrected chi connectivity index (χ2v) is 7.70. The van der Waals surface area contributed by atoms with Crippen molar-refractivity contribution in [3.05, 3.63) is 48.0 Å². The minimum Gasteiger partial charge on any atom is -0.456 e. The first-order chi connectivity index (χ1) is 11.1. The quantitative estimate of drug-likeness (QED) is 0.585. The Morgan fingerprint density at radius 3 is 2.43 bits per heavy atom. The lowest BCUT2D eigenvalue weighted by molar-refractivity contribution is -0.592. The van der Waals surface area contributed by atoms with Gasteiger partial charge in [-0.25, -0.2) is 4.58 Å². The predicted octanol–water partition coefficient (Wildman–Crippen LogP) is 4.88. The number of para-hydroxylation sites is 1. The van der Waals surface area contributed by atoms with Crippen LogP contribution in [0.15, 0.2) is 46.9 Å². The number of rotatable bonds is 1. The highest BCUT2D eigenvalue weighted by Gasteiger charge is 2.52. The van der Waals surface area contributed by atoms with E-state index in [2.05, 4.69) is 61.2 Å². The smallest absolute Gasteiger partial charge is 0.159 e. The Bertz CT molecular complexity index is 954. The molecule has 3 aliphatic rings. The van der Waals surface area contributed by atoms with Crippen molar-refractivity contribution in [2.45, 2.75) is 43.6 Å². The molecule has 2 heteroatoms. The van der Waals surface area contributed by atoms with Crippen LogP contribution in [0.3, 0.4) is 0 Å². The molecule has 1 fully saturated rings. The number of benzene rings is 2. The lowest BCUT2D eigenvalue weighted by Gasteiger charge is -2.45. The SMILES string of the molecule is C[N+]1=CC2(c3ccc4c(c3)oc3ccccc34)CCC1(C)CC2. The molecule has 6 rings (SSSR count). The van der Waals surface area contributed by atoms with Gasteiger partial charge in [0.25, 0.3) is 0 Å². The molecule has 0 radical (unpaired) electrons. The monoisotopic (exact) mass is 304 g/mol. The minimum absolute atomic E-state index is 0.194. The predicted molar refractivity (Wildman–Crippen MR) is 94.5 cm³/mol. The van der Waals surface area contributed by atoms with Crippen molar-refractivity contribution in [2.75, 3.05) is 7.05 Å². The Hall–Kier alpha value is -2.09.